The molecule has 1 aromatic rings. The number of benzene rings is 1. The van der Waals surface area contributed by atoms with E-state index in [2.05, 4.69) is 19.6 Å². The molecule has 90 valence electrons. The third kappa shape index (κ3) is 3.25. The summed E-state index contributed by atoms with van der Waals surface area (Å²) >= 11 is 4.19. The van der Waals surface area contributed by atoms with Crippen LogP contribution in [0, 0.1) is 0 Å². The Morgan fingerprint density at radius 1 is 1.38 bits per heavy atom. The highest BCUT2D eigenvalue weighted by atomic mass is 32.2. The van der Waals surface area contributed by atoms with Crippen molar-refractivity contribution in [2.24, 2.45) is 0 Å². The highest BCUT2D eigenvalue weighted by Crippen LogP contribution is 2.22. The van der Waals surface area contributed by atoms with Crippen LogP contribution in [-0.4, -0.2) is 19.9 Å². The Balaban J connectivity index is 3.05. The van der Waals surface area contributed by atoms with Crippen molar-refractivity contribution in [3.05, 3.63) is 29.8 Å². The highest BCUT2D eigenvalue weighted by Gasteiger charge is 2.13. The Morgan fingerprint density at radius 2 is 2.06 bits per heavy atom. The van der Waals surface area contributed by atoms with Crippen LogP contribution in [-0.2, 0) is 9.84 Å². The van der Waals surface area contributed by atoms with E-state index in [0.717, 1.165) is 17.7 Å². The second-order valence-electron chi connectivity index (χ2n) is 3.89. The zero-order valence-corrected chi connectivity index (χ0v) is 11.4. The summed E-state index contributed by atoms with van der Waals surface area (Å²) in [4.78, 5) is 0.429. The molecule has 1 rings (SSSR count). The molecule has 0 heterocycles. The fourth-order valence-electron chi connectivity index (χ4n) is 1.54. The third-order valence-electron chi connectivity index (χ3n) is 2.73. The normalized spacial score (nSPS) is 13.7. The number of thiol groups is 1. The summed E-state index contributed by atoms with van der Waals surface area (Å²) in [5.41, 5.74) is 1.07. The zero-order valence-electron chi connectivity index (χ0n) is 9.68. The van der Waals surface area contributed by atoms with Crippen LogP contribution in [0.15, 0.2) is 29.2 Å². The van der Waals surface area contributed by atoms with Gasteiger partial charge in [-0.3, -0.25) is 0 Å². The topological polar surface area (TPSA) is 34.1 Å². The van der Waals surface area contributed by atoms with Crippen molar-refractivity contribution in [1.29, 1.82) is 0 Å². The minimum atomic E-state index is -3.09. The van der Waals surface area contributed by atoms with Gasteiger partial charge in [-0.25, -0.2) is 8.42 Å². The van der Waals surface area contributed by atoms with E-state index < -0.39 is 9.84 Å². The predicted molar refractivity (Wildman–Crippen MR) is 71.1 cm³/mol. The van der Waals surface area contributed by atoms with E-state index >= 15 is 0 Å². The van der Waals surface area contributed by atoms with Gasteiger partial charge in [-0.1, -0.05) is 26.0 Å². The second kappa shape index (κ2) is 5.73. The molecule has 0 aliphatic heterocycles. The van der Waals surface area contributed by atoms with E-state index in [4.69, 9.17) is 0 Å². The average Bonchev–Trinajstić information content (AvgIpc) is 2.29. The molecule has 2 nitrogen and oxygen atoms in total. The lowest BCUT2D eigenvalue weighted by molar-refractivity contribution is 0.597. The number of rotatable bonds is 5. The first kappa shape index (κ1) is 13.6. The van der Waals surface area contributed by atoms with Crippen LogP contribution in [0.1, 0.15) is 31.7 Å². The minimum Gasteiger partial charge on any atom is -0.224 e. The number of hydrogen-bond acceptors (Lipinski definition) is 3. The molecule has 1 aromatic carbocycles. The van der Waals surface area contributed by atoms with Gasteiger partial charge in [-0.2, -0.15) is 12.6 Å². The SMILES string of the molecule is CCS(=O)(=O)c1cccc(C(C)CCS)c1. The molecule has 4 heteroatoms. The first-order chi connectivity index (χ1) is 7.51. The smallest absolute Gasteiger partial charge is 0.178 e. The van der Waals surface area contributed by atoms with Crippen LogP contribution < -0.4 is 0 Å². The fourth-order valence-corrected chi connectivity index (χ4v) is 2.86. The van der Waals surface area contributed by atoms with E-state index in [9.17, 15) is 8.42 Å². The van der Waals surface area contributed by atoms with Gasteiger partial charge >= 0.3 is 0 Å². The summed E-state index contributed by atoms with van der Waals surface area (Å²) < 4.78 is 23.4. The standard InChI is InChI=1S/C12H18O2S2/c1-3-16(13,14)12-6-4-5-11(9-12)10(2)7-8-15/h4-6,9-10,15H,3,7-8H2,1-2H3. The highest BCUT2D eigenvalue weighted by molar-refractivity contribution is 7.91. The summed E-state index contributed by atoms with van der Waals surface area (Å²) in [5.74, 6) is 1.31. The average molecular weight is 258 g/mol. The second-order valence-corrected chi connectivity index (χ2v) is 6.61. The lowest BCUT2D eigenvalue weighted by Crippen LogP contribution is -2.05. The number of sulfone groups is 1. The molecule has 1 unspecified atom stereocenters. The van der Waals surface area contributed by atoms with Gasteiger partial charge in [-0.05, 0) is 35.8 Å². The van der Waals surface area contributed by atoms with Crippen LogP contribution in [0.2, 0.25) is 0 Å². The lowest BCUT2D eigenvalue weighted by Gasteiger charge is -2.11. The van der Waals surface area contributed by atoms with E-state index in [1.165, 1.54) is 0 Å². The molecule has 0 spiro atoms. The van der Waals surface area contributed by atoms with Gasteiger partial charge in [0.1, 0.15) is 0 Å². The van der Waals surface area contributed by atoms with Crippen molar-refractivity contribution in [3.63, 3.8) is 0 Å². The maximum Gasteiger partial charge on any atom is 0.178 e. The zero-order chi connectivity index (χ0) is 12.2. The van der Waals surface area contributed by atoms with Crippen molar-refractivity contribution in [3.8, 4) is 0 Å². The molecule has 0 radical (unpaired) electrons. The molecule has 0 saturated heterocycles. The fraction of sp³-hybridized carbons (Fsp3) is 0.500. The molecule has 0 aliphatic carbocycles. The van der Waals surface area contributed by atoms with Crippen LogP contribution in [0.4, 0.5) is 0 Å². The molecule has 0 bridgehead atoms. The molecule has 0 N–H and O–H groups in total. The maximum atomic E-state index is 11.7. The van der Waals surface area contributed by atoms with Gasteiger partial charge in [0.05, 0.1) is 10.6 Å². The molecule has 0 fully saturated rings. The first-order valence-corrected chi connectivity index (χ1v) is 7.73. The summed E-state index contributed by atoms with van der Waals surface area (Å²) in [6.45, 7) is 3.76. The van der Waals surface area contributed by atoms with Crippen molar-refractivity contribution in [2.45, 2.75) is 31.1 Å². The summed E-state index contributed by atoms with van der Waals surface area (Å²) in [6, 6.07) is 7.23. The monoisotopic (exact) mass is 258 g/mol. The number of hydrogen-bond donors (Lipinski definition) is 1. The molecular formula is C12H18O2S2. The molecule has 0 amide bonds. The van der Waals surface area contributed by atoms with Crippen LogP contribution in [0.5, 0.6) is 0 Å². The quantitative estimate of drug-likeness (QED) is 0.824. The van der Waals surface area contributed by atoms with Crippen LogP contribution in [0.25, 0.3) is 0 Å². The van der Waals surface area contributed by atoms with E-state index in [1.54, 1.807) is 19.1 Å². The molecule has 0 aromatic heterocycles. The van der Waals surface area contributed by atoms with Gasteiger partial charge in [0, 0.05) is 0 Å². The van der Waals surface area contributed by atoms with Gasteiger partial charge in [0.2, 0.25) is 0 Å². The lowest BCUT2D eigenvalue weighted by atomic mass is 9.99. The Labute approximate surface area is 103 Å². The van der Waals surface area contributed by atoms with E-state index in [-0.39, 0.29) is 5.75 Å². The minimum absolute atomic E-state index is 0.150. The maximum absolute atomic E-state index is 11.7. The van der Waals surface area contributed by atoms with Gasteiger partial charge in [0.25, 0.3) is 0 Å². The summed E-state index contributed by atoms with van der Waals surface area (Å²) in [7, 11) is -3.09. The van der Waals surface area contributed by atoms with E-state index in [1.807, 2.05) is 12.1 Å². The van der Waals surface area contributed by atoms with Crippen molar-refractivity contribution in [2.75, 3.05) is 11.5 Å². The summed E-state index contributed by atoms with van der Waals surface area (Å²) in [5, 5.41) is 0. The molecule has 1 atom stereocenters. The van der Waals surface area contributed by atoms with Crippen molar-refractivity contribution >= 4 is 22.5 Å². The Bertz CT molecular complexity index is 438. The Kier molecular flexibility index (Phi) is 4.87. The van der Waals surface area contributed by atoms with Crippen LogP contribution in [0.3, 0.4) is 0 Å². The molecule has 0 aliphatic rings. The summed E-state index contributed by atoms with van der Waals surface area (Å²) in [6.07, 6.45) is 0.957. The Morgan fingerprint density at radius 3 is 2.62 bits per heavy atom. The molecule has 16 heavy (non-hydrogen) atoms. The van der Waals surface area contributed by atoms with Gasteiger partial charge < -0.3 is 0 Å². The molecular weight excluding hydrogens is 240 g/mol. The van der Waals surface area contributed by atoms with Gasteiger partial charge in [0.15, 0.2) is 9.84 Å². The van der Waals surface area contributed by atoms with Gasteiger partial charge in [-0.15, -0.1) is 0 Å². The Hall–Kier alpha value is -0.480. The largest absolute Gasteiger partial charge is 0.224 e. The van der Waals surface area contributed by atoms with E-state index in [0.29, 0.717) is 10.8 Å². The van der Waals surface area contributed by atoms with Crippen molar-refractivity contribution < 1.29 is 8.42 Å². The third-order valence-corrected chi connectivity index (χ3v) is 4.72. The molecule has 0 saturated carbocycles. The van der Waals surface area contributed by atoms with Crippen LogP contribution >= 0.6 is 12.6 Å². The van der Waals surface area contributed by atoms with Crippen molar-refractivity contribution in [1.82, 2.24) is 0 Å². The predicted octanol–water partition coefficient (Wildman–Crippen LogP) is 2.90. The first-order valence-electron chi connectivity index (χ1n) is 5.45.